The van der Waals surface area contributed by atoms with E-state index in [1.54, 1.807) is 13.8 Å². The molecule has 0 bridgehead atoms. The lowest BCUT2D eigenvalue weighted by atomic mass is 9.84. The highest BCUT2D eigenvalue weighted by Crippen LogP contribution is 2.48. The van der Waals surface area contributed by atoms with Crippen LogP contribution in [0.5, 0.6) is 0 Å². The first-order chi connectivity index (χ1) is 14.4. The Balaban J connectivity index is 1.89. The lowest BCUT2D eigenvalue weighted by molar-refractivity contribution is -0.145. The first-order valence-electron chi connectivity index (χ1n) is 10.1. The summed E-state index contributed by atoms with van der Waals surface area (Å²) in [5, 5.41) is 0. The molecule has 0 aliphatic heterocycles. The van der Waals surface area contributed by atoms with Crippen LogP contribution in [0.3, 0.4) is 0 Å². The zero-order valence-corrected chi connectivity index (χ0v) is 19.8. The molecular weight excluding hydrogens is 456 g/mol. The highest BCUT2D eigenvalue weighted by molar-refractivity contribution is 9.10. The predicted octanol–water partition coefficient (Wildman–Crippen LogP) is 6.82. The standard InChI is InChI=1S/C26H27BrO2S/c1-25(2,27)24(28)29-19-12-20-30-26(21-13-6-3-7-14-21,22-15-8-4-9-16-22)23-17-10-5-11-18-23/h3-11,13-18H,12,19-20H2,1-2H3. The second kappa shape index (κ2) is 10.3. The number of carbonyl (C=O) groups excluding carboxylic acids is 1. The van der Waals surface area contributed by atoms with Gasteiger partial charge in [-0.1, -0.05) is 107 Å². The fraction of sp³-hybridized carbons (Fsp3) is 0.269. The van der Waals surface area contributed by atoms with Crippen LogP contribution in [0.25, 0.3) is 0 Å². The van der Waals surface area contributed by atoms with E-state index in [-0.39, 0.29) is 10.7 Å². The molecule has 0 saturated carbocycles. The number of hydrogen-bond acceptors (Lipinski definition) is 3. The molecule has 0 amide bonds. The van der Waals surface area contributed by atoms with Gasteiger partial charge in [0.1, 0.15) is 4.32 Å². The summed E-state index contributed by atoms with van der Waals surface area (Å²) in [6.45, 7) is 4.01. The largest absolute Gasteiger partial charge is 0.465 e. The van der Waals surface area contributed by atoms with Gasteiger partial charge in [0.2, 0.25) is 0 Å². The van der Waals surface area contributed by atoms with E-state index in [1.165, 1.54) is 16.7 Å². The van der Waals surface area contributed by atoms with Crippen LogP contribution in [0.4, 0.5) is 0 Å². The summed E-state index contributed by atoms with van der Waals surface area (Å²) in [4.78, 5) is 12.0. The number of halogens is 1. The van der Waals surface area contributed by atoms with Crippen molar-refractivity contribution in [2.75, 3.05) is 12.4 Å². The minimum atomic E-state index is -0.651. The molecule has 0 aromatic heterocycles. The van der Waals surface area contributed by atoms with Gasteiger partial charge in [-0.15, -0.1) is 11.8 Å². The molecule has 3 aromatic rings. The summed E-state index contributed by atoms with van der Waals surface area (Å²) in [5.74, 6) is 0.627. The zero-order chi connectivity index (χ0) is 21.5. The van der Waals surface area contributed by atoms with Crippen molar-refractivity contribution in [1.29, 1.82) is 0 Å². The predicted molar refractivity (Wildman–Crippen MR) is 130 cm³/mol. The lowest BCUT2D eigenvalue weighted by Crippen LogP contribution is -2.28. The van der Waals surface area contributed by atoms with Crippen molar-refractivity contribution in [3.05, 3.63) is 108 Å². The molecule has 0 heterocycles. The van der Waals surface area contributed by atoms with Gasteiger partial charge in [-0.2, -0.15) is 0 Å². The summed E-state index contributed by atoms with van der Waals surface area (Å²) in [7, 11) is 0. The summed E-state index contributed by atoms with van der Waals surface area (Å²) in [5.41, 5.74) is 3.72. The van der Waals surface area contributed by atoms with Crippen LogP contribution in [0.1, 0.15) is 37.0 Å². The van der Waals surface area contributed by atoms with Gasteiger partial charge in [0.05, 0.1) is 11.4 Å². The third-order valence-corrected chi connectivity index (χ3v) is 6.82. The number of carbonyl (C=O) groups is 1. The number of ether oxygens (including phenoxy) is 1. The van der Waals surface area contributed by atoms with Gasteiger partial charge in [0.15, 0.2) is 0 Å². The van der Waals surface area contributed by atoms with Crippen LogP contribution >= 0.6 is 27.7 Å². The minimum absolute atomic E-state index is 0.229. The number of rotatable bonds is 9. The molecule has 3 rings (SSSR count). The van der Waals surface area contributed by atoms with E-state index < -0.39 is 4.32 Å². The minimum Gasteiger partial charge on any atom is -0.465 e. The van der Waals surface area contributed by atoms with Gasteiger partial charge in [-0.25, -0.2) is 0 Å². The highest BCUT2D eigenvalue weighted by Gasteiger charge is 2.36. The molecule has 0 aliphatic carbocycles. The van der Waals surface area contributed by atoms with Crippen LogP contribution in [-0.4, -0.2) is 22.7 Å². The van der Waals surface area contributed by atoms with E-state index in [2.05, 4.69) is 107 Å². The van der Waals surface area contributed by atoms with Crippen molar-refractivity contribution in [2.24, 2.45) is 0 Å². The van der Waals surface area contributed by atoms with E-state index in [9.17, 15) is 4.79 Å². The first kappa shape index (κ1) is 22.6. The van der Waals surface area contributed by atoms with Crippen molar-refractivity contribution in [3.8, 4) is 0 Å². The van der Waals surface area contributed by atoms with E-state index >= 15 is 0 Å². The first-order valence-corrected chi connectivity index (χ1v) is 11.9. The zero-order valence-electron chi connectivity index (χ0n) is 17.4. The molecule has 30 heavy (non-hydrogen) atoms. The van der Waals surface area contributed by atoms with E-state index in [1.807, 2.05) is 11.8 Å². The number of thioether (sulfide) groups is 1. The third kappa shape index (κ3) is 5.35. The summed E-state index contributed by atoms with van der Waals surface area (Å²) in [6, 6.07) is 31.9. The highest BCUT2D eigenvalue weighted by atomic mass is 79.9. The molecule has 156 valence electrons. The number of esters is 1. The number of hydrogen-bond donors (Lipinski definition) is 0. The van der Waals surface area contributed by atoms with Gasteiger partial charge in [0.25, 0.3) is 0 Å². The number of alkyl halides is 1. The molecule has 0 N–H and O–H groups in total. The summed E-state index contributed by atoms with van der Waals surface area (Å²) in [6.07, 6.45) is 0.785. The normalized spacial score (nSPS) is 11.8. The van der Waals surface area contributed by atoms with Crippen LogP contribution in [0.2, 0.25) is 0 Å². The van der Waals surface area contributed by atoms with Crippen molar-refractivity contribution >= 4 is 33.7 Å². The topological polar surface area (TPSA) is 26.3 Å². The molecule has 0 saturated heterocycles. The molecule has 2 nitrogen and oxygen atoms in total. The van der Waals surface area contributed by atoms with Crippen LogP contribution in [-0.2, 0) is 14.3 Å². The quantitative estimate of drug-likeness (QED) is 0.145. The Morgan fingerprint density at radius 3 is 1.57 bits per heavy atom. The van der Waals surface area contributed by atoms with Crippen molar-refractivity contribution in [3.63, 3.8) is 0 Å². The maximum Gasteiger partial charge on any atom is 0.322 e. The van der Waals surface area contributed by atoms with Crippen LogP contribution < -0.4 is 0 Å². The Bertz CT molecular complexity index is 825. The third-order valence-electron chi connectivity index (χ3n) is 4.87. The average Bonchev–Trinajstić information content (AvgIpc) is 2.77. The Kier molecular flexibility index (Phi) is 7.79. The molecule has 0 aliphatic rings. The van der Waals surface area contributed by atoms with Crippen LogP contribution in [0.15, 0.2) is 91.0 Å². The molecule has 0 atom stereocenters. The maximum atomic E-state index is 12.0. The monoisotopic (exact) mass is 482 g/mol. The summed E-state index contributed by atoms with van der Waals surface area (Å²) >= 11 is 5.24. The lowest BCUT2D eigenvalue weighted by Gasteiger charge is -2.35. The molecular formula is C26H27BrO2S. The fourth-order valence-corrected chi connectivity index (χ4v) is 4.98. The molecule has 0 spiro atoms. The van der Waals surface area contributed by atoms with E-state index in [0.29, 0.717) is 6.61 Å². The molecule has 3 aromatic carbocycles. The van der Waals surface area contributed by atoms with Crippen LogP contribution in [0, 0.1) is 0 Å². The average molecular weight is 483 g/mol. The Labute approximate surface area is 192 Å². The Hall–Kier alpha value is -2.04. The van der Waals surface area contributed by atoms with E-state index in [0.717, 1.165) is 12.2 Å². The second-order valence-electron chi connectivity index (χ2n) is 7.59. The fourth-order valence-electron chi connectivity index (χ4n) is 3.39. The number of benzene rings is 3. The van der Waals surface area contributed by atoms with Gasteiger partial charge < -0.3 is 4.74 Å². The second-order valence-corrected chi connectivity index (χ2v) is 10.9. The smallest absolute Gasteiger partial charge is 0.322 e. The Morgan fingerprint density at radius 2 is 1.20 bits per heavy atom. The van der Waals surface area contributed by atoms with E-state index in [4.69, 9.17) is 4.74 Å². The molecule has 4 heteroatoms. The molecule has 0 unspecified atom stereocenters. The Morgan fingerprint density at radius 1 is 0.800 bits per heavy atom. The van der Waals surface area contributed by atoms with Crippen molar-refractivity contribution in [1.82, 2.24) is 0 Å². The van der Waals surface area contributed by atoms with Gasteiger partial charge in [-0.05, 0) is 42.7 Å². The van der Waals surface area contributed by atoms with Crippen molar-refractivity contribution in [2.45, 2.75) is 29.3 Å². The molecule has 0 radical (unpaired) electrons. The summed E-state index contributed by atoms with van der Waals surface area (Å²) < 4.78 is 4.46. The maximum absolute atomic E-state index is 12.0. The van der Waals surface area contributed by atoms with Crippen molar-refractivity contribution < 1.29 is 9.53 Å². The molecule has 0 fully saturated rings. The SMILES string of the molecule is CC(C)(Br)C(=O)OCCCSC(c1ccccc1)(c1ccccc1)c1ccccc1. The van der Waals surface area contributed by atoms with Gasteiger partial charge in [-0.3, -0.25) is 4.79 Å². The van der Waals surface area contributed by atoms with Gasteiger partial charge >= 0.3 is 5.97 Å². The van der Waals surface area contributed by atoms with Gasteiger partial charge in [0, 0.05) is 0 Å².